The number of fused-ring (bicyclic) bond motifs is 2. The van der Waals surface area contributed by atoms with Crippen LogP contribution in [0.5, 0.6) is 5.75 Å². The molecule has 4 N–H and O–H groups in total. The predicted octanol–water partition coefficient (Wildman–Crippen LogP) is 7.39. The van der Waals surface area contributed by atoms with Crippen LogP contribution < -0.4 is 20.7 Å². The number of rotatable bonds is 8. The summed E-state index contributed by atoms with van der Waals surface area (Å²) in [4.78, 5) is 15.8. The molecule has 0 spiro atoms. The standard InChI is InChI=1S/C37H46N8O2/c1-23-13-14-25(20-24(23)2)39-33(21-32(38)37(3,4)5)41-36(46)40-29-16-17-31(28-11-8-7-10-27(28)29)47-26-15-18-34-42-43-35(45(34)22-26)30-12-9-19-44(30)6/h7-8,10-11,13-15,18,20-22,29-31,38-39H,9,12,16-17,19H2,1-6H3,(H2,40,41,46)/b33-21+,38-32?/t29-,30-,31+/m0/s1. The van der Waals surface area contributed by atoms with Crippen LogP contribution in [0.25, 0.3) is 5.65 Å². The largest absolute Gasteiger partial charge is 0.484 e. The average Bonchev–Trinajstić information content (AvgIpc) is 3.64. The summed E-state index contributed by atoms with van der Waals surface area (Å²) in [7, 11) is 2.14. The van der Waals surface area contributed by atoms with Crippen LogP contribution in [0.3, 0.4) is 0 Å². The average molecular weight is 635 g/mol. The molecule has 2 aliphatic rings. The first-order chi connectivity index (χ1) is 22.5. The van der Waals surface area contributed by atoms with Crippen LogP contribution in [0.2, 0.25) is 0 Å². The van der Waals surface area contributed by atoms with E-state index >= 15 is 0 Å². The molecule has 4 aromatic rings. The number of hydrogen-bond acceptors (Lipinski definition) is 7. The van der Waals surface area contributed by atoms with E-state index in [1.165, 1.54) is 5.56 Å². The fraction of sp³-hybridized carbons (Fsp3) is 0.405. The zero-order chi connectivity index (χ0) is 33.3. The summed E-state index contributed by atoms with van der Waals surface area (Å²) in [6.07, 6.45) is 7.20. The third-order valence-corrected chi connectivity index (χ3v) is 9.37. The van der Waals surface area contributed by atoms with Gasteiger partial charge in [-0.15, -0.1) is 10.2 Å². The highest BCUT2D eigenvalue weighted by Crippen LogP contribution is 2.39. The van der Waals surface area contributed by atoms with Gasteiger partial charge in [-0.2, -0.15) is 0 Å². The molecule has 0 bridgehead atoms. The Morgan fingerprint density at radius 2 is 1.79 bits per heavy atom. The van der Waals surface area contributed by atoms with Gasteiger partial charge in [-0.05, 0) is 99.6 Å². The number of carbonyl (C=O) groups is 1. The number of carbonyl (C=O) groups excluding carboxylic acids is 1. The van der Waals surface area contributed by atoms with E-state index in [0.29, 0.717) is 18.0 Å². The van der Waals surface area contributed by atoms with Crippen molar-refractivity contribution in [3.05, 3.63) is 101 Å². The second-order valence-corrected chi connectivity index (χ2v) is 13.9. The Hall–Kier alpha value is -4.70. The Kier molecular flexibility index (Phi) is 9.05. The van der Waals surface area contributed by atoms with E-state index in [4.69, 9.17) is 10.1 Å². The van der Waals surface area contributed by atoms with Gasteiger partial charge in [0.15, 0.2) is 11.5 Å². The molecule has 0 saturated carbocycles. The minimum Gasteiger partial charge on any atom is -0.484 e. The Labute approximate surface area is 277 Å². The lowest BCUT2D eigenvalue weighted by molar-refractivity contribution is 0.171. The molecule has 0 radical (unpaired) electrons. The first-order valence-corrected chi connectivity index (χ1v) is 16.5. The summed E-state index contributed by atoms with van der Waals surface area (Å²) < 4.78 is 8.68. The second kappa shape index (κ2) is 13.2. The van der Waals surface area contributed by atoms with Crippen LogP contribution in [-0.2, 0) is 0 Å². The van der Waals surface area contributed by atoms with Crippen molar-refractivity contribution in [3.63, 3.8) is 0 Å². The molecule has 2 amide bonds. The van der Waals surface area contributed by atoms with E-state index in [2.05, 4.69) is 68.5 Å². The number of pyridine rings is 1. The number of aryl methyl sites for hydroxylation is 2. The van der Waals surface area contributed by atoms with Gasteiger partial charge in [0.1, 0.15) is 17.7 Å². The van der Waals surface area contributed by atoms with Crippen molar-refractivity contribution in [1.82, 2.24) is 30.1 Å². The SMILES string of the molecule is Cc1ccc(N/C(=C\C(=N)C(C)(C)C)NC(=O)N[C@H]2CC[C@@H](Oc3ccc4nnc([C@@H]5CCCN5C)n4c3)c3ccccc32)cc1C. The van der Waals surface area contributed by atoms with Gasteiger partial charge >= 0.3 is 6.03 Å². The van der Waals surface area contributed by atoms with Gasteiger partial charge < -0.3 is 20.8 Å². The van der Waals surface area contributed by atoms with Crippen molar-refractivity contribution in [1.29, 1.82) is 5.41 Å². The normalized spacial score (nSPS) is 20.1. The number of ether oxygens (including phenoxy) is 1. The zero-order valence-corrected chi connectivity index (χ0v) is 28.2. The number of anilines is 1. The van der Waals surface area contributed by atoms with E-state index in [1.807, 2.05) is 69.4 Å². The van der Waals surface area contributed by atoms with Crippen LogP contribution in [0.4, 0.5) is 10.5 Å². The summed E-state index contributed by atoms with van der Waals surface area (Å²) in [5.74, 6) is 2.16. The van der Waals surface area contributed by atoms with Crippen LogP contribution in [0.1, 0.15) is 92.7 Å². The molecule has 0 unspecified atom stereocenters. The Balaban J connectivity index is 1.18. The van der Waals surface area contributed by atoms with Crippen molar-refractivity contribution in [3.8, 4) is 5.75 Å². The summed E-state index contributed by atoms with van der Waals surface area (Å²) >= 11 is 0. The predicted molar refractivity (Wildman–Crippen MR) is 186 cm³/mol. The Morgan fingerprint density at radius 1 is 1.00 bits per heavy atom. The molecule has 10 nitrogen and oxygen atoms in total. The molecule has 246 valence electrons. The number of amides is 2. The number of allylic oxidation sites excluding steroid dienone is 1. The third-order valence-electron chi connectivity index (χ3n) is 9.37. The molecule has 10 heteroatoms. The van der Waals surface area contributed by atoms with Gasteiger partial charge in [0, 0.05) is 22.9 Å². The van der Waals surface area contributed by atoms with Crippen molar-refractivity contribution >= 4 is 23.1 Å². The third kappa shape index (κ3) is 7.17. The molecule has 3 atom stereocenters. The van der Waals surface area contributed by atoms with Crippen LogP contribution >= 0.6 is 0 Å². The second-order valence-electron chi connectivity index (χ2n) is 13.9. The first kappa shape index (κ1) is 32.2. The molecule has 1 aliphatic carbocycles. The minimum absolute atomic E-state index is 0.159. The molecule has 3 heterocycles. The maximum atomic E-state index is 13.5. The molecule has 1 aliphatic heterocycles. The maximum absolute atomic E-state index is 13.5. The van der Waals surface area contributed by atoms with Gasteiger partial charge in [-0.1, -0.05) is 51.1 Å². The van der Waals surface area contributed by atoms with Gasteiger partial charge in [-0.3, -0.25) is 14.6 Å². The van der Waals surface area contributed by atoms with Gasteiger partial charge in [0.25, 0.3) is 0 Å². The van der Waals surface area contributed by atoms with E-state index < -0.39 is 0 Å². The zero-order valence-electron chi connectivity index (χ0n) is 28.2. The lowest BCUT2D eigenvalue weighted by Gasteiger charge is -2.32. The van der Waals surface area contributed by atoms with Crippen LogP contribution in [-0.4, -0.2) is 44.8 Å². The van der Waals surface area contributed by atoms with Crippen molar-refractivity contribution in [2.75, 3.05) is 18.9 Å². The van der Waals surface area contributed by atoms with Gasteiger partial charge in [0.05, 0.1) is 18.3 Å². The van der Waals surface area contributed by atoms with E-state index in [0.717, 1.165) is 65.4 Å². The van der Waals surface area contributed by atoms with Gasteiger partial charge in [-0.25, -0.2) is 4.79 Å². The summed E-state index contributed by atoms with van der Waals surface area (Å²) in [5.41, 5.74) is 6.10. The highest BCUT2D eigenvalue weighted by Gasteiger charge is 2.31. The topological polar surface area (TPSA) is 120 Å². The maximum Gasteiger partial charge on any atom is 0.320 e. The lowest BCUT2D eigenvalue weighted by atomic mass is 9.85. The number of nitrogens with one attached hydrogen (secondary N) is 4. The minimum atomic E-state index is -0.376. The van der Waals surface area contributed by atoms with Crippen molar-refractivity contribution in [2.24, 2.45) is 5.41 Å². The number of urea groups is 1. The number of aromatic nitrogens is 3. The molecular formula is C37H46N8O2. The fourth-order valence-electron chi connectivity index (χ4n) is 6.37. The molecule has 1 saturated heterocycles. The monoisotopic (exact) mass is 634 g/mol. The van der Waals surface area contributed by atoms with Crippen LogP contribution in [0.15, 0.2) is 72.7 Å². The highest BCUT2D eigenvalue weighted by atomic mass is 16.5. The summed E-state index contributed by atoms with van der Waals surface area (Å²) in [6.45, 7) is 11.1. The summed E-state index contributed by atoms with van der Waals surface area (Å²) in [6, 6.07) is 17.8. The first-order valence-electron chi connectivity index (χ1n) is 16.5. The molecule has 1 fully saturated rings. The number of benzene rings is 2. The smallest absolute Gasteiger partial charge is 0.320 e. The van der Waals surface area contributed by atoms with Gasteiger partial charge in [0.2, 0.25) is 0 Å². The quantitative estimate of drug-likeness (QED) is 0.150. The van der Waals surface area contributed by atoms with E-state index in [-0.39, 0.29) is 29.6 Å². The molecule has 2 aromatic carbocycles. The summed E-state index contributed by atoms with van der Waals surface area (Å²) in [5, 5.41) is 27.0. The molecule has 6 rings (SSSR count). The Bertz CT molecular complexity index is 1820. The number of likely N-dealkylation sites (tertiary alicyclic amines) is 1. The fourth-order valence-corrected chi connectivity index (χ4v) is 6.37. The van der Waals surface area contributed by atoms with Crippen molar-refractivity contribution < 1.29 is 9.53 Å². The highest BCUT2D eigenvalue weighted by molar-refractivity contribution is 5.97. The Morgan fingerprint density at radius 3 is 2.51 bits per heavy atom. The lowest BCUT2D eigenvalue weighted by Crippen LogP contribution is -2.41. The molecule has 47 heavy (non-hydrogen) atoms. The molecule has 2 aromatic heterocycles. The van der Waals surface area contributed by atoms with E-state index in [9.17, 15) is 4.79 Å². The molecular weight excluding hydrogens is 588 g/mol. The number of nitrogens with zero attached hydrogens (tertiary/aromatic N) is 4. The number of hydrogen-bond donors (Lipinski definition) is 4. The van der Waals surface area contributed by atoms with E-state index in [1.54, 1.807) is 6.08 Å². The van der Waals surface area contributed by atoms with Crippen LogP contribution in [0, 0.1) is 24.7 Å². The van der Waals surface area contributed by atoms with Crippen molar-refractivity contribution in [2.45, 2.75) is 78.5 Å².